The molecule has 116 valence electrons. The average molecular weight is 292 g/mol. The molecular formula is C17H25FN2O. The molecule has 2 heterocycles. The van der Waals surface area contributed by atoms with Crippen LogP contribution in [0.15, 0.2) is 18.2 Å². The summed E-state index contributed by atoms with van der Waals surface area (Å²) in [6, 6.07) is 5.54. The molecule has 0 amide bonds. The lowest BCUT2D eigenvalue weighted by Gasteiger charge is -2.40. The molecule has 2 aliphatic rings. The van der Waals surface area contributed by atoms with Crippen molar-refractivity contribution in [1.29, 1.82) is 0 Å². The Morgan fingerprint density at radius 1 is 1.38 bits per heavy atom. The van der Waals surface area contributed by atoms with Gasteiger partial charge in [-0.1, -0.05) is 6.07 Å². The zero-order chi connectivity index (χ0) is 15.2. The second kappa shape index (κ2) is 5.25. The first kappa shape index (κ1) is 14.8. The summed E-state index contributed by atoms with van der Waals surface area (Å²) in [6.07, 6.45) is 0. The quantitative estimate of drug-likeness (QED) is 0.927. The van der Waals surface area contributed by atoms with Crippen molar-refractivity contribution in [2.45, 2.75) is 32.4 Å². The molecule has 2 saturated heterocycles. The standard InChI is InChI=1S/C17H25FN2O/c1-11(12-5-6-16(21-4)15(18)7-12)20-10-13-8-19-9-14(13)17(20,2)3/h5-7,11,13-14,19H,8-10H2,1-4H3. The van der Waals surface area contributed by atoms with Crippen molar-refractivity contribution in [3.63, 3.8) is 0 Å². The molecule has 3 rings (SSSR count). The van der Waals surface area contributed by atoms with Gasteiger partial charge in [-0.2, -0.15) is 0 Å². The minimum Gasteiger partial charge on any atom is -0.494 e. The van der Waals surface area contributed by atoms with E-state index in [4.69, 9.17) is 4.74 Å². The van der Waals surface area contributed by atoms with Crippen LogP contribution in [0.4, 0.5) is 4.39 Å². The van der Waals surface area contributed by atoms with Crippen molar-refractivity contribution in [2.75, 3.05) is 26.7 Å². The van der Waals surface area contributed by atoms with Crippen molar-refractivity contribution < 1.29 is 9.13 Å². The van der Waals surface area contributed by atoms with Gasteiger partial charge in [0.05, 0.1) is 7.11 Å². The largest absolute Gasteiger partial charge is 0.494 e. The van der Waals surface area contributed by atoms with E-state index in [1.165, 1.54) is 7.11 Å². The second-order valence-electron chi connectivity index (χ2n) is 6.90. The number of halogens is 1. The third-order valence-electron chi connectivity index (χ3n) is 5.54. The van der Waals surface area contributed by atoms with Gasteiger partial charge < -0.3 is 10.1 Å². The maximum Gasteiger partial charge on any atom is 0.165 e. The molecule has 1 aromatic carbocycles. The normalized spacial score (nSPS) is 29.4. The number of methoxy groups -OCH3 is 1. The first-order chi connectivity index (χ1) is 9.95. The molecular weight excluding hydrogens is 267 g/mol. The van der Waals surface area contributed by atoms with Gasteiger partial charge in [0, 0.05) is 24.7 Å². The topological polar surface area (TPSA) is 24.5 Å². The van der Waals surface area contributed by atoms with Crippen molar-refractivity contribution in [3.05, 3.63) is 29.6 Å². The number of likely N-dealkylation sites (tertiary alicyclic amines) is 1. The van der Waals surface area contributed by atoms with Gasteiger partial charge in [0.1, 0.15) is 0 Å². The number of hydrogen-bond acceptors (Lipinski definition) is 3. The third-order valence-corrected chi connectivity index (χ3v) is 5.54. The lowest BCUT2D eigenvalue weighted by molar-refractivity contribution is 0.0968. The average Bonchev–Trinajstić information content (AvgIpc) is 3.00. The van der Waals surface area contributed by atoms with Gasteiger partial charge in [-0.3, -0.25) is 4.90 Å². The van der Waals surface area contributed by atoms with Crippen LogP contribution in [-0.4, -0.2) is 37.2 Å². The molecule has 1 aromatic rings. The molecule has 2 aliphatic heterocycles. The minimum absolute atomic E-state index is 0.143. The van der Waals surface area contributed by atoms with Crippen LogP contribution in [0, 0.1) is 17.7 Å². The highest BCUT2D eigenvalue weighted by Gasteiger charge is 2.50. The summed E-state index contributed by atoms with van der Waals surface area (Å²) in [5.74, 6) is 1.43. The van der Waals surface area contributed by atoms with Gasteiger partial charge >= 0.3 is 0 Å². The number of hydrogen-bond donors (Lipinski definition) is 1. The molecule has 4 heteroatoms. The molecule has 0 spiro atoms. The van der Waals surface area contributed by atoms with Gasteiger partial charge in [0.15, 0.2) is 11.6 Å². The third kappa shape index (κ3) is 2.34. The number of rotatable bonds is 3. The zero-order valence-electron chi connectivity index (χ0n) is 13.3. The maximum atomic E-state index is 14.0. The zero-order valence-corrected chi connectivity index (χ0v) is 13.3. The molecule has 0 bridgehead atoms. The van der Waals surface area contributed by atoms with Crippen LogP contribution in [0.2, 0.25) is 0 Å². The molecule has 3 unspecified atom stereocenters. The summed E-state index contributed by atoms with van der Waals surface area (Å²) in [6.45, 7) is 10.1. The first-order valence-corrected chi connectivity index (χ1v) is 7.76. The van der Waals surface area contributed by atoms with E-state index in [0.29, 0.717) is 17.6 Å². The van der Waals surface area contributed by atoms with Crippen LogP contribution < -0.4 is 10.1 Å². The summed E-state index contributed by atoms with van der Waals surface area (Å²) < 4.78 is 19.0. The Morgan fingerprint density at radius 3 is 2.76 bits per heavy atom. The SMILES string of the molecule is COc1ccc(C(C)N2CC3CNCC3C2(C)C)cc1F. The fraction of sp³-hybridized carbons (Fsp3) is 0.647. The molecule has 0 aliphatic carbocycles. The fourth-order valence-electron chi connectivity index (χ4n) is 4.23. The van der Waals surface area contributed by atoms with Gasteiger partial charge in [0.25, 0.3) is 0 Å². The molecule has 21 heavy (non-hydrogen) atoms. The molecule has 0 aromatic heterocycles. The number of nitrogens with one attached hydrogen (secondary N) is 1. The van der Waals surface area contributed by atoms with E-state index in [1.54, 1.807) is 12.1 Å². The molecule has 0 radical (unpaired) electrons. The highest BCUT2D eigenvalue weighted by molar-refractivity contribution is 5.31. The van der Waals surface area contributed by atoms with E-state index < -0.39 is 0 Å². The van der Waals surface area contributed by atoms with Crippen LogP contribution in [-0.2, 0) is 0 Å². The van der Waals surface area contributed by atoms with Crippen LogP contribution in [0.3, 0.4) is 0 Å². The Hall–Kier alpha value is -1.13. The molecule has 2 fully saturated rings. The first-order valence-electron chi connectivity index (χ1n) is 7.76. The summed E-state index contributed by atoms with van der Waals surface area (Å²) in [5, 5.41) is 3.50. The Kier molecular flexibility index (Phi) is 3.70. The van der Waals surface area contributed by atoms with E-state index in [0.717, 1.165) is 25.2 Å². The van der Waals surface area contributed by atoms with E-state index in [9.17, 15) is 4.39 Å². The number of benzene rings is 1. The smallest absolute Gasteiger partial charge is 0.165 e. The maximum absolute atomic E-state index is 14.0. The Bertz CT molecular complexity index is 532. The van der Waals surface area contributed by atoms with E-state index in [1.807, 2.05) is 6.07 Å². The van der Waals surface area contributed by atoms with Crippen LogP contribution in [0.5, 0.6) is 5.75 Å². The van der Waals surface area contributed by atoms with Crippen LogP contribution >= 0.6 is 0 Å². The lowest BCUT2D eigenvalue weighted by Crippen LogP contribution is -2.45. The highest BCUT2D eigenvalue weighted by atomic mass is 19.1. The fourth-order valence-corrected chi connectivity index (χ4v) is 4.23. The highest BCUT2D eigenvalue weighted by Crippen LogP contribution is 2.45. The lowest BCUT2D eigenvalue weighted by atomic mass is 9.84. The Labute approximate surface area is 126 Å². The minimum atomic E-state index is -0.277. The van der Waals surface area contributed by atoms with Crippen molar-refractivity contribution in [1.82, 2.24) is 10.2 Å². The number of ether oxygens (including phenoxy) is 1. The van der Waals surface area contributed by atoms with Crippen LogP contribution in [0.25, 0.3) is 0 Å². The molecule has 1 N–H and O–H groups in total. The molecule has 3 nitrogen and oxygen atoms in total. The summed E-state index contributed by atoms with van der Waals surface area (Å²) in [4.78, 5) is 2.53. The molecule has 0 saturated carbocycles. The van der Waals surface area contributed by atoms with Crippen LogP contribution in [0.1, 0.15) is 32.4 Å². The van der Waals surface area contributed by atoms with Gasteiger partial charge in [-0.25, -0.2) is 4.39 Å². The van der Waals surface area contributed by atoms with Crippen molar-refractivity contribution in [2.24, 2.45) is 11.8 Å². The summed E-state index contributed by atoms with van der Waals surface area (Å²) >= 11 is 0. The summed E-state index contributed by atoms with van der Waals surface area (Å²) in [5.41, 5.74) is 1.17. The van der Waals surface area contributed by atoms with Crippen molar-refractivity contribution >= 4 is 0 Å². The number of fused-ring (bicyclic) bond motifs is 1. The van der Waals surface area contributed by atoms with Gasteiger partial charge in [0.2, 0.25) is 0 Å². The van der Waals surface area contributed by atoms with E-state index in [2.05, 4.69) is 31.0 Å². The second-order valence-corrected chi connectivity index (χ2v) is 6.90. The van der Waals surface area contributed by atoms with E-state index >= 15 is 0 Å². The van der Waals surface area contributed by atoms with Crippen molar-refractivity contribution in [3.8, 4) is 5.75 Å². The van der Waals surface area contributed by atoms with Gasteiger partial charge in [-0.05, 0) is 56.8 Å². The predicted molar refractivity (Wildman–Crippen MR) is 82.0 cm³/mol. The Balaban J connectivity index is 1.85. The van der Waals surface area contributed by atoms with E-state index in [-0.39, 0.29) is 17.4 Å². The predicted octanol–water partition coefficient (Wildman–Crippen LogP) is 2.83. The number of nitrogens with zero attached hydrogens (tertiary/aromatic N) is 1. The van der Waals surface area contributed by atoms with Gasteiger partial charge in [-0.15, -0.1) is 0 Å². The monoisotopic (exact) mass is 292 g/mol. The molecule has 3 atom stereocenters. The summed E-state index contributed by atoms with van der Waals surface area (Å²) in [7, 11) is 1.50. The Morgan fingerprint density at radius 2 is 2.14 bits per heavy atom.